The lowest BCUT2D eigenvalue weighted by Gasteiger charge is -2.71. The zero-order valence-electron chi connectivity index (χ0n) is 22.4. The topological polar surface area (TPSA) is 137 Å². The Kier molecular flexibility index (Phi) is 6.49. The van der Waals surface area contributed by atoms with Gasteiger partial charge in [0, 0.05) is 37.1 Å². The second-order valence-electron chi connectivity index (χ2n) is 12.1. The molecular formula is C27H38N2O8. The Morgan fingerprint density at radius 3 is 2.51 bits per heavy atom. The smallest absolute Gasteiger partial charge is 0.326 e. The molecule has 0 unspecified atom stereocenters. The molecule has 8 atom stereocenters. The number of rotatable bonds is 5. The molecule has 2 N–H and O–H groups in total. The summed E-state index contributed by atoms with van der Waals surface area (Å²) in [6.45, 7) is 13.5. The number of hydrogen-bond donors (Lipinski definition) is 2. The molecule has 3 aliphatic rings. The van der Waals surface area contributed by atoms with Crippen LogP contribution < -0.4 is 0 Å². The van der Waals surface area contributed by atoms with Gasteiger partial charge >= 0.3 is 11.9 Å². The quantitative estimate of drug-likeness (QED) is 0.443. The predicted molar refractivity (Wildman–Crippen MR) is 131 cm³/mol. The number of fused-ring (bicyclic) bond motifs is 3. The van der Waals surface area contributed by atoms with E-state index in [4.69, 9.17) is 14.2 Å². The second-order valence-corrected chi connectivity index (χ2v) is 12.1. The third-order valence-electron chi connectivity index (χ3n) is 9.13. The summed E-state index contributed by atoms with van der Waals surface area (Å²) in [4.78, 5) is 43.6. The zero-order chi connectivity index (χ0) is 27.6. The summed E-state index contributed by atoms with van der Waals surface area (Å²) in [5, 5.41) is 24.0. The number of ketones is 1. The van der Waals surface area contributed by atoms with Crippen molar-refractivity contribution < 1.29 is 38.8 Å². The van der Waals surface area contributed by atoms with Crippen LogP contribution >= 0.6 is 0 Å². The van der Waals surface area contributed by atoms with E-state index in [1.807, 2.05) is 13.8 Å². The van der Waals surface area contributed by atoms with Crippen LogP contribution in [0.25, 0.3) is 0 Å². The van der Waals surface area contributed by atoms with E-state index in [-0.39, 0.29) is 13.0 Å². The Labute approximate surface area is 217 Å². The van der Waals surface area contributed by atoms with Crippen molar-refractivity contribution in [3.63, 3.8) is 0 Å². The molecule has 2 aliphatic carbocycles. The minimum absolute atomic E-state index is 0.152. The van der Waals surface area contributed by atoms with Gasteiger partial charge in [-0.1, -0.05) is 26.8 Å². The molecule has 0 aromatic carbocycles. The summed E-state index contributed by atoms with van der Waals surface area (Å²) in [5.41, 5.74) is -7.46. The van der Waals surface area contributed by atoms with Crippen molar-refractivity contribution in [2.45, 2.75) is 102 Å². The molecule has 37 heavy (non-hydrogen) atoms. The molecule has 2 heterocycles. The summed E-state index contributed by atoms with van der Waals surface area (Å²) in [6, 6.07) is 0. The van der Waals surface area contributed by atoms with Crippen molar-refractivity contribution in [2.24, 2.45) is 16.7 Å². The largest absolute Gasteiger partial charge is 0.457 e. The first-order valence-corrected chi connectivity index (χ1v) is 12.7. The van der Waals surface area contributed by atoms with Crippen molar-refractivity contribution in [1.82, 2.24) is 9.55 Å². The molecule has 0 spiro atoms. The Balaban J connectivity index is 1.94. The molecule has 1 saturated heterocycles. The standard InChI is InChI=1S/C27H38N2O8/c1-8-24(5)13-18(32)27(34)25(6)17(31)9-10-23(3,4)21(25)20(22(35-16(2)30)26(27,7)37-24)36-19(33)14-29-12-11-28-15-29/h8,11-12,15,17,20-22,31,34H,1,9-10,13-14H2,2-7H3/t17-,20-,21-,22-,24-,25-,26+,27-/m0/s1. The summed E-state index contributed by atoms with van der Waals surface area (Å²) < 4.78 is 19.9. The minimum atomic E-state index is -2.27. The highest BCUT2D eigenvalue weighted by atomic mass is 16.6. The molecule has 10 nitrogen and oxygen atoms in total. The van der Waals surface area contributed by atoms with E-state index in [0.29, 0.717) is 12.8 Å². The minimum Gasteiger partial charge on any atom is -0.457 e. The van der Waals surface area contributed by atoms with Gasteiger partial charge in [-0.15, -0.1) is 6.58 Å². The second kappa shape index (κ2) is 8.74. The molecule has 3 fully saturated rings. The highest BCUT2D eigenvalue weighted by Crippen LogP contribution is 2.67. The predicted octanol–water partition coefficient (Wildman–Crippen LogP) is 1.97. The molecule has 1 aliphatic heterocycles. The van der Waals surface area contributed by atoms with E-state index in [0.717, 1.165) is 0 Å². The fourth-order valence-corrected chi connectivity index (χ4v) is 7.46. The molecular weight excluding hydrogens is 480 g/mol. The molecule has 4 rings (SSSR count). The molecule has 10 heteroatoms. The van der Waals surface area contributed by atoms with E-state index < -0.39 is 69.6 Å². The van der Waals surface area contributed by atoms with Crippen LogP contribution in [0.1, 0.15) is 60.8 Å². The van der Waals surface area contributed by atoms with Crippen LogP contribution in [0.3, 0.4) is 0 Å². The summed E-state index contributed by atoms with van der Waals surface area (Å²) in [5.74, 6) is -2.63. The number of ether oxygens (including phenoxy) is 3. The average molecular weight is 519 g/mol. The first kappa shape index (κ1) is 27.5. The van der Waals surface area contributed by atoms with E-state index >= 15 is 0 Å². The van der Waals surface area contributed by atoms with E-state index in [1.54, 1.807) is 24.6 Å². The van der Waals surface area contributed by atoms with Gasteiger partial charge in [0.25, 0.3) is 0 Å². The Hall–Kier alpha value is -2.56. The molecule has 1 aromatic heterocycles. The highest BCUT2D eigenvalue weighted by Gasteiger charge is 2.82. The Morgan fingerprint density at radius 2 is 1.95 bits per heavy atom. The van der Waals surface area contributed by atoms with Crippen LogP contribution in [-0.4, -0.2) is 72.6 Å². The number of carbonyl (C=O) groups excluding carboxylic acids is 3. The summed E-state index contributed by atoms with van der Waals surface area (Å²) in [6.07, 6.45) is 3.14. The molecule has 0 bridgehead atoms. The maximum atomic E-state index is 14.0. The van der Waals surface area contributed by atoms with Gasteiger partial charge in [0.15, 0.2) is 17.5 Å². The van der Waals surface area contributed by atoms with E-state index in [2.05, 4.69) is 11.6 Å². The van der Waals surface area contributed by atoms with Crippen LogP contribution in [-0.2, 0) is 35.1 Å². The third-order valence-corrected chi connectivity index (χ3v) is 9.13. The molecule has 204 valence electrons. The van der Waals surface area contributed by atoms with Gasteiger partial charge in [0.05, 0.1) is 18.0 Å². The normalized spacial score (nSPS) is 42.8. The lowest BCUT2D eigenvalue weighted by molar-refractivity contribution is -0.371. The highest BCUT2D eigenvalue weighted by molar-refractivity contribution is 5.92. The number of imidazole rings is 1. The van der Waals surface area contributed by atoms with Gasteiger partial charge < -0.3 is 29.0 Å². The van der Waals surface area contributed by atoms with Gasteiger partial charge in [0.2, 0.25) is 0 Å². The molecule has 0 radical (unpaired) electrons. The Bertz CT molecular complexity index is 1100. The zero-order valence-corrected chi connectivity index (χ0v) is 22.4. The van der Waals surface area contributed by atoms with Crippen molar-refractivity contribution in [1.29, 1.82) is 0 Å². The van der Waals surface area contributed by atoms with Crippen molar-refractivity contribution in [3.8, 4) is 0 Å². The fourth-order valence-electron chi connectivity index (χ4n) is 7.46. The monoisotopic (exact) mass is 518 g/mol. The number of aromatic nitrogens is 2. The SMILES string of the molecule is C=C[C@@]1(C)CC(=O)[C@]2(O)[C@@]3(C)[C@@H](O)CCC(C)(C)[C@@H]3[C@H](OC(=O)Cn3ccnc3)[C@H](OC(C)=O)[C@@]2(C)O1. The van der Waals surface area contributed by atoms with Gasteiger partial charge in [-0.3, -0.25) is 14.4 Å². The lowest BCUT2D eigenvalue weighted by atomic mass is 9.39. The number of Topliss-reactive ketones (excluding diaryl/α,β-unsaturated/α-hetero) is 1. The first-order valence-electron chi connectivity index (χ1n) is 12.7. The van der Waals surface area contributed by atoms with Crippen LogP contribution in [0, 0.1) is 16.7 Å². The number of carbonyl (C=O) groups is 3. The molecule has 2 saturated carbocycles. The molecule has 1 aromatic rings. The first-order chi connectivity index (χ1) is 17.1. The van der Waals surface area contributed by atoms with Crippen molar-refractivity contribution in [2.75, 3.05) is 0 Å². The number of nitrogens with zero attached hydrogens (tertiary/aromatic N) is 2. The number of aliphatic hydroxyl groups is 2. The number of esters is 2. The van der Waals surface area contributed by atoms with Crippen molar-refractivity contribution in [3.05, 3.63) is 31.4 Å². The lowest BCUT2D eigenvalue weighted by Crippen LogP contribution is -2.87. The van der Waals surface area contributed by atoms with Gasteiger partial charge in [-0.05, 0) is 32.1 Å². The Morgan fingerprint density at radius 1 is 1.27 bits per heavy atom. The van der Waals surface area contributed by atoms with Crippen LogP contribution in [0.4, 0.5) is 0 Å². The summed E-state index contributed by atoms with van der Waals surface area (Å²) >= 11 is 0. The number of aliphatic hydroxyl groups excluding tert-OH is 1. The third kappa shape index (κ3) is 3.87. The fraction of sp³-hybridized carbons (Fsp3) is 0.704. The number of hydrogen-bond acceptors (Lipinski definition) is 9. The summed E-state index contributed by atoms with van der Waals surface area (Å²) in [7, 11) is 0. The maximum Gasteiger partial charge on any atom is 0.326 e. The molecule has 0 amide bonds. The van der Waals surface area contributed by atoms with Crippen LogP contribution in [0.5, 0.6) is 0 Å². The van der Waals surface area contributed by atoms with Crippen LogP contribution in [0.15, 0.2) is 31.4 Å². The van der Waals surface area contributed by atoms with E-state index in [9.17, 15) is 24.6 Å². The maximum absolute atomic E-state index is 14.0. The van der Waals surface area contributed by atoms with Gasteiger partial charge in [0.1, 0.15) is 18.2 Å². The van der Waals surface area contributed by atoms with Crippen molar-refractivity contribution >= 4 is 17.7 Å². The van der Waals surface area contributed by atoms with Gasteiger partial charge in [-0.2, -0.15) is 0 Å². The average Bonchev–Trinajstić information content (AvgIpc) is 3.29. The van der Waals surface area contributed by atoms with E-state index in [1.165, 1.54) is 32.4 Å². The van der Waals surface area contributed by atoms with Gasteiger partial charge in [-0.25, -0.2) is 4.98 Å². The van der Waals surface area contributed by atoms with Crippen LogP contribution in [0.2, 0.25) is 0 Å².